The van der Waals surface area contributed by atoms with Gasteiger partial charge in [0.25, 0.3) is 5.91 Å². The molecule has 0 aliphatic heterocycles. The first-order chi connectivity index (χ1) is 14.2. The summed E-state index contributed by atoms with van der Waals surface area (Å²) in [6.07, 6.45) is 0. The number of sulfonamides is 1. The monoisotopic (exact) mass is 433 g/mol. The van der Waals surface area contributed by atoms with Gasteiger partial charge in [-0.05, 0) is 37.1 Å². The lowest BCUT2D eigenvalue weighted by Crippen LogP contribution is -2.44. The van der Waals surface area contributed by atoms with Gasteiger partial charge < -0.3 is 15.4 Å². The number of hydrogen-bond acceptors (Lipinski definition) is 5. The van der Waals surface area contributed by atoms with Crippen LogP contribution in [-0.4, -0.2) is 46.5 Å². The highest BCUT2D eigenvalue weighted by atomic mass is 32.2. The van der Waals surface area contributed by atoms with E-state index >= 15 is 0 Å². The highest BCUT2D eigenvalue weighted by molar-refractivity contribution is 7.89. The number of carbonyl (C=O) groups excluding carboxylic acids is 2. The van der Waals surface area contributed by atoms with Gasteiger partial charge in [-0.2, -0.15) is 0 Å². The van der Waals surface area contributed by atoms with Crippen LogP contribution in [0.3, 0.4) is 0 Å². The highest BCUT2D eigenvalue weighted by Crippen LogP contribution is 2.16. The summed E-state index contributed by atoms with van der Waals surface area (Å²) in [7, 11) is -2.31. The summed E-state index contributed by atoms with van der Waals surface area (Å²) in [5.74, 6) is -0.862. The largest absolute Gasteiger partial charge is 0.383 e. The quantitative estimate of drug-likeness (QED) is 0.490. The molecule has 0 radical (unpaired) electrons. The van der Waals surface area contributed by atoms with Gasteiger partial charge in [-0.1, -0.05) is 36.4 Å². The Morgan fingerprint density at radius 1 is 1.10 bits per heavy atom. The second-order valence-electron chi connectivity index (χ2n) is 6.77. The molecule has 0 saturated carbocycles. The molecule has 0 aliphatic carbocycles. The minimum atomic E-state index is -3.78. The van der Waals surface area contributed by atoms with Gasteiger partial charge in [0.1, 0.15) is 6.04 Å². The molecule has 3 N–H and O–H groups in total. The fourth-order valence-electron chi connectivity index (χ4n) is 2.65. The van der Waals surface area contributed by atoms with Gasteiger partial charge in [-0.15, -0.1) is 0 Å². The lowest BCUT2D eigenvalue weighted by molar-refractivity contribution is -0.122. The molecule has 0 saturated heterocycles. The van der Waals surface area contributed by atoms with E-state index in [4.69, 9.17) is 4.74 Å². The fourth-order valence-corrected chi connectivity index (χ4v) is 3.69. The number of methoxy groups -OCH3 is 1. The van der Waals surface area contributed by atoms with E-state index in [1.54, 1.807) is 19.9 Å². The predicted molar refractivity (Wildman–Crippen MR) is 113 cm³/mol. The topological polar surface area (TPSA) is 114 Å². The lowest BCUT2D eigenvalue weighted by Gasteiger charge is -2.16. The molecular formula is C21H27N3O5S. The molecule has 2 amide bonds. The maximum Gasteiger partial charge on any atom is 0.252 e. The van der Waals surface area contributed by atoms with Crippen molar-refractivity contribution in [3.8, 4) is 0 Å². The summed E-state index contributed by atoms with van der Waals surface area (Å²) in [6, 6.07) is 12.9. The molecule has 2 aromatic rings. The number of rotatable bonds is 10. The third kappa shape index (κ3) is 6.65. The standard InChI is InChI=1S/C21H27N3O5S/c1-15-9-10-18(30(27,28)23-11-12-29-3)13-19(15)21(26)24-16(2)20(25)22-14-17-7-5-4-6-8-17/h4-10,13,16,23H,11-12,14H2,1-3H3,(H,22,25)(H,24,26). The van der Waals surface area contributed by atoms with Gasteiger partial charge in [0, 0.05) is 25.8 Å². The van der Waals surface area contributed by atoms with E-state index in [0.717, 1.165) is 5.56 Å². The van der Waals surface area contributed by atoms with Gasteiger partial charge >= 0.3 is 0 Å². The summed E-state index contributed by atoms with van der Waals surface area (Å²) >= 11 is 0. The Morgan fingerprint density at radius 3 is 2.47 bits per heavy atom. The Balaban J connectivity index is 2.04. The van der Waals surface area contributed by atoms with Crippen molar-refractivity contribution in [1.29, 1.82) is 0 Å². The summed E-state index contributed by atoms with van der Waals surface area (Å²) in [6.45, 7) is 3.96. The average molecular weight is 434 g/mol. The smallest absolute Gasteiger partial charge is 0.252 e. The van der Waals surface area contributed by atoms with Crippen molar-refractivity contribution >= 4 is 21.8 Å². The minimum Gasteiger partial charge on any atom is -0.383 e. The van der Waals surface area contributed by atoms with Crippen molar-refractivity contribution in [3.05, 3.63) is 65.2 Å². The second-order valence-corrected chi connectivity index (χ2v) is 8.53. The first-order valence-electron chi connectivity index (χ1n) is 9.46. The van der Waals surface area contributed by atoms with Gasteiger partial charge in [-0.25, -0.2) is 13.1 Å². The van der Waals surface area contributed by atoms with Crippen LogP contribution in [0.25, 0.3) is 0 Å². The van der Waals surface area contributed by atoms with Crippen LogP contribution in [0.4, 0.5) is 0 Å². The molecule has 0 fully saturated rings. The SMILES string of the molecule is COCCNS(=O)(=O)c1ccc(C)c(C(=O)NC(C)C(=O)NCc2ccccc2)c1. The molecule has 0 heterocycles. The Bertz CT molecular complexity index is 977. The van der Waals surface area contributed by atoms with E-state index in [0.29, 0.717) is 12.1 Å². The van der Waals surface area contributed by atoms with E-state index in [1.807, 2.05) is 30.3 Å². The number of benzene rings is 2. The predicted octanol–water partition coefficient (Wildman–Crippen LogP) is 1.35. The normalized spacial score (nSPS) is 12.2. The Hall–Kier alpha value is -2.75. The number of amides is 2. The molecule has 1 atom stereocenters. The molecular weight excluding hydrogens is 406 g/mol. The van der Waals surface area contributed by atoms with Gasteiger partial charge in [0.2, 0.25) is 15.9 Å². The van der Waals surface area contributed by atoms with Gasteiger partial charge in [-0.3, -0.25) is 9.59 Å². The molecule has 30 heavy (non-hydrogen) atoms. The first kappa shape index (κ1) is 23.5. The van der Waals surface area contributed by atoms with Crippen LogP contribution in [0.2, 0.25) is 0 Å². The van der Waals surface area contributed by atoms with Crippen LogP contribution >= 0.6 is 0 Å². The van der Waals surface area contributed by atoms with Gasteiger partial charge in [0.05, 0.1) is 11.5 Å². The van der Waals surface area contributed by atoms with Crippen molar-refractivity contribution in [2.24, 2.45) is 0 Å². The van der Waals surface area contributed by atoms with Crippen LogP contribution in [0.5, 0.6) is 0 Å². The Labute approximate surface area is 177 Å². The minimum absolute atomic E-state index is 0.0319. The zero-order valence-corrected chi connectivity index (χ0v) is 18.1. The van der Waals surface area contributed by atoms with Crippen LogP contribution < -0.4 is 15.4 Å². The molecule has 8 nitrogen and oxygen atoms in total. The zero-order valence-electron chi connectivity index (χ0n) is 17.3. The number of aryl methyl sites for hydroxylation is 1. The van der Waals surface area contributed by atoms with Crippen LogP contribution in [0.15, 0.2) is 53.4 Å². The van der Waals surface area contributed by atoms with Crippen molar-refractivity contribution in [2.75, 3.05) is 20.3 Å². The van der Waals surface area contributed by atoms with Crippen molar-refractivity contribution in [1.82, 2.24) is 15.4 Å². The summed E-state index contributed by atoms with van der Waals surface area (Å²) in [5.41, 5.74) is 1.73. The van der Waals surface area contributed by atoms with E-state index in [1.165, 1.54) is 19.2 Å². The summed E-state index contributed by atoms with van der Waals surface area (Å²) < 4.78 is 32.0. The third-order valence-electron chi connectivity index (χ3n) is 4.41. The average Bonchev–Trinajstić information content (AvgIpc) is 2.72. The van der Waals surface area contributed by atoms with Gasteiger partial charge in [0.15, 0.2) is 0 Å². The molecule has 0 aliphatic rings. The highest BCUT2D eigenvalue weighted by Gasteiger charge is 2.21. The molecule has 162 valence electrons. The van der Waals surface area contributed by atoms with E-state index in [2.05, 4.69) is 15.4 Å². The number of ether oxygens (including phenoxy) is 1. The molecule has 0 spiro atoms. The van der Waals surface area contributed by atoms with E-state index in [9.17, 15) is 18.0 Å². The van der Waals surface area contributed by atoms with Crippen LogP contribution in [-0.2, 0) is 26.1 Å². The lowest BCUT2D eigenvalue weighted by atomic mass is 10.1. The Kier molecular flexibility index (Phi) is 8.52. The molecule has 2 rings (SSSR count). The van der Waals surface area contributed by atoms with Crippen molar-refractivity contribution in [2.45, 2.75) is 31.3 Å². The molecule has 0 bridgehead atoms. The van der Waals surface area contributed by atoms with E-state index in [-0.39, 0.29) is 29.5 Å². The third-order valence-corrected chi connectivity index (χ3v) is 5.87. The van der Waals surface area contributed by atoms with Crippen LogP contribution in [0, 0.1) is 6.92 Å². The fraction of sp³-hybridized carbons (Fsp3) is 0.333. The second kappa shape index (κ2) is 10.9. The number of nitrogens with one attached hydrogen (secondary N) is 3. The Morgan fingerprint density at radius 2 is 1.80 bits per heavy atom. The van der Waals surface area contributed by atoms with E-state index < -0.39 is 22.0 Å². The summed E-state index contributed by atoms with van der Waals surface area (Å²) in [4.78, 5) is 24.9. The number of carbonyl (C=O) groups is 2. The maximum absolute atomic E-state index is 12.7. The number of hydrogen-bond donors (Lipinski definition) is 3. The molecule has 0 aromatic heterocycles. The van der Waals surface area contributed by atoms with Crippen molar-refractivity contribution < 1.29 is 22.7 Å². The van der Waals surface area contributed by atoms with Crippen molar-refractivity contribution in [3.63, 3.8) is 0 Å². The molecule has 1 unspecified atom stereocenters. The zero-order chi connectivity index (χ0) is 22.1. The maximum atomic E-state index is 12.7. The molecule has 9 heteroatoms. The van der Waals surface area contributed by atoms with Crippen LogP contribution in [0.1, 0.15) is 28.4 Å². The molecule has 2 aromatic carbocycles. The first-order valence-corrected chi connectivity index (χ1v) is 10.9. The summed E-state index contributed by atoms with van der Waals surface area (Å²) in [5, 5.41) is 5.38.